The molecule has 4 aromatic rings. The van der Waals surface area contributed by atoms with Crippen molar-refractivity contribution >= 4 is 17.5 Å². The van der Waals surface area contributed by atoms with Crippen molar-refractivity contribution in [1.29, 1.82) is 0 Å². The Kier molecular flexibility index (Phi) is 7.81. The molecule has 1 saturated heterocycles. The fourth-order valence-corrected chi connectivity index (χ4v) is 5.42. The van der Waals surface area contributed by atoms with Crippen LogP contribution in [0.3, 0.4) is 0 Å². The molecule has 0 spiro atoms. The van der Waals surface area contributed by atoms with Gasteiger partial charge >= 0.3 is 11.7 Å². The molecule has 0 atom stereocenters. The number of likely N-dealkylation sites (N-methyl/N-ethyl adjacent to an activating group) is 1. The minimum Gasteiger partial charge on any atom is -0.496 e. The molecule has 3 N–H and O–H groups in total. The molecule has 41 heavy (non-hydrogen) atoms. The number of hydrogen-bond donors (Lipinski definition) is 3. The lowest BCUT2D eigenvalue weighted by Gasteiger charge is -2.32. The highest BCUT2D eigenvalue weighted by Gasteiger charge is 2.30. The molecule has 5 rings (SSSR count). The zero-order valence-electron chi connectivity index (χ0n) is 24.1. The van der Waals surface area contributed by atoms with E-state index in [1.807, 2.05) is 36.2 Å². The summed E-state index contributed by atoms with van der Waals surface area (Å²) in [5, 5.41) is 14.0. The van der Waals surface area contributed by atoms with E-state index in [0.29, 0.717) is 47.2 Å². The second kappa shape index (κ2) is 11.5. The Labute approximate surface area is 240 Å². The molecule has 3 aromatic carbocycles. The maximum Gasteiger partial charge on any atom is 0.327 e. The van der Waals surface area contributed by atoms with Gasteiger partial charge in [-0.2, -0.15) is 0 Å². The number of nitrogens with zero attached hydrogens (tertiary/aromatic N) is 3. The summed E-state index contributed by atoms with van der Waals surface area (Å²) in [6, 6.07) is 18.6. The van der Waals surface area contributed by atoms with Crippen molar-refractivity contribution in [2.75, 3.05) is 45.7 Å². The molecule has 9 nitrogen and oxygen atoms in total. The van der Waals surface area contributed by atoms with E-state index >= 15 is 0 Å². The molecule has 212 valence electrons. The Balaban J connectivity index is 1.42. The highest BCUT2D eigenvalue weighted by molar-refractivity contribution is 6.04. The molecule has 0 aliphatic carbocycles. The van der Waals surface area contributed by atoms with Crippen LogP contribution in [0.25, 0.3) is 22.5 Å². The number of rotatable bonds is 6. The molecule has 1 aromatic heterocycles. The topological polar surface area (TPSA) is 102 Å². The largest absolute Gasteiger partial charge is 0.496 e. The van der Waals surface area contributed by atoms with Gasteiger partial charge in [0.05, 0.1) is 12.7 Å². The van der Waals surface area contributed by atoms with Gasteiger partial charge in [0.25, 0.3) is 11.6 Å². The smallest absolute Gasteiger partial charge is 0.327 e. The summed E-state index contributed by atoms with van der Waals surface area (Å²) in [5.74, 6) is 0.510. The molecule has 0 bridgehead atoms. The number of aromatic nitrogens is 2. The van der Waals surface area contributed by atoms with Crippen molar-refractivity contribution in [2.45, 2.75) is 20.8 Å². The van der Waals surface area contributed by atoms with E-state index in [1.165, 1.54) is 0 Å². The molecule has 2 heterocycles. The fourth-order valence-electron chi connectivity index (χ4n) is 5.42. The van der Waals surface area contributed by atoms with E-state index < -0.39 is 5.91 Å². The standard InChI is InChI=1S/C32H35N5O4/c1-20-8-6-9-21(2)28(20)26-19-23(12-13-27(26)41-5)30-33-22(3)29(37(30)40)31(38)34-25-11-7-10-24(18-25)32(39)36-16-14-35(4)15-17-36/h6-13,18-19,40H,14-17H2,1-5H3,(H,34,38)/p+1. The number of methoxy groups -OCH3 is 1. The third kappa shape index (κ3) is 5.53. The van der Waals surface area contributed by atoms with E-state index in [-0.39, 0.29) is 11.6 Å². The Morgan fingerprint density at radius 2 is 1.63 bits per heavy atom. The van der Waals surface area contributed by atoms with Gasteiger partial charge in [0, 0.05) is 49.9 Å². The molecule has 1 fully saturated rings. The van der Waals surface area contributed by atoms with Crippen molar-refractivity contribution in [3.63, 3.8) is 0 Å². The monoisotopic (exact) mass is 554 g/mol. The van der Waals surface area contributed by atoms with Crippen LogP contribution in [0.15, 0.2) is 60.7 Å². The SMILES string of the molecule is COc1ccc(-c2[nH]c(C)c(C(=O)Nc3cccc(C(=O)N4CCN(C)CC4)c3)[n+]2O)cc1-c1c(C)cccc1C. The fraction of sp³-hybridized carbons (Fsp3) is 0.281. The summed E-state index contributed by atoms with van der Waals surface area (Å²) < 4.78 is 6.54. The second-order valence-corrected chi connectivity index (χ2v) is 10.6. The summed E-state index contributed by atoms with van der Waals surface area (Å²) in [6.45, 7) is 8.82. The summed E-state index contributed by atoms with van der Waals surface area (Å²) in [4.78, 5) is 33.6. The van der Waals surface area contributed by atoms with Crippen molar-refractivity contribution in [2.24, 2.45) is 0 Å². The van der Waals surface area contributed by atoms with E-state index in [1.54, 1.807) is 38.3 Å². The van der Waals surface area contributed by atoms with Crippen LogP contribution in [0.5, 0.6) is 5.75 Å². The molecule has 1 aliphatic rings. The van der Waals surface area contributed by atoms with Crippen LogP contribution < -0.4 is 14.8 Å². The van der Waals surface area contributed by atoms with Crippen LogP contribution in [-0.2, 0) is 0 Å². The second-order valence-electron chi connectivity index (χ2n) is 10.6. The molecule has 0 unspecified atom stereocenters. The van der Waals surface area contributed by atoms with Crippen molar-refractivity contribution in [3.8, 4) is 28.3 Å². The number of hydrogen-bond acceptors (Lipinski definition) is 5. The van der Waals surface area contributed by atoms with Gasteiger partial charge in [0.2, 0.25) is 0 Å². The number of nitrogens with one attached hydrogen (secondary N) is 2. The van der Waals surface area contributed by atoms with Crippen LogP contribution in [0, 0.1) is 20.8 Å². The number of carbonyl (C=O) groups is 2. The minimum absolute atomic E-state index is 0.0641. The Morgan fingerprint density at radius 1 is 0.951 bits per heavy atom. The van der Waals surface area contributed by atoms with Gasteiger partial charge in [-0.15, -0.1) is 0 Å². The number of ether oxygens (including phenoxy) is 1. The Hall–Kier alpha value is -4.63. The van der Waals surface area contributed by atoms with Gasteiger partial charge in [-0.05, 0) is 78.7 Å². The minimum atomic E-state index is -0.500. The van der Waals surface area contributed by atoms with Crippen molar-refractivity contribution < 1.29 is 24.3 Å². The van der Waals surface area contributed by atoms with Gasteiger partial charge in [0.1, 0.15) is 5.75 Å². The van der Waals surface area contributed by atoms with Crippen LogP contribution in [0.2, 0.25) is 0 Å². The van der Waals surface area contributed by atoms with E-state index in [0.717, 1.165) is 40.1 Å². The zero-order chi connectivity index (χ0) is 29.3. The van der Waals surface area contributed by atoms with Crippen LogP contribution >= 0.6 is 0 Å². The van der Waals surface area contributed by atoms with E-state index in [9.17, 15) is 14.8 Å². The molecular weight excluding hydrogens is 518 g/mol. The number of aromatic amines is 1. The number of aryl methyl sites for hydroxylation is 3. The predicted molar refractivity (Wildman–Crippen MR) is 158 cm³/mol. The van der Waals surface area contributed by atoms with Gasteiger partial charge in [-0.1, -0.05) is 24.3 Å². The van der Waals surface area contributed by atoms with Gasteiger partial charge in [-0.25, -0.2) is 4.98 Å². The number of carbonyl (C=O) groups excluding carboxylic acids is 2. The summed E-state index contributed by atoms with van der Waals surface area (Å²) in [5.41, 5.74) is 6.39. The first-order valence-electron chi connectivity index (χ1n) is 13.7. The average molecular weight is 555 g/mol. The number of anilines is 1. The maximum atomic E-state index is 13.4. The third-order valence-electron chi connectivity index (χ3n) is 7.68. The quantitative estimate of drug-likeness (QED) is 0.242. The molecule has 9 heteroatoms. The Bertz CT molecular complexity index is 1600. The maximum absolute atomic E-state index is 13.4. The highest BCUT2D eigenvalue weighted by atomic mass is 16.5. The van der Waals surface area contributed by atoms with E-state index in [2.05, 4.69) is 41.2 Å². The highest BCUT2D eigenvalue weighted by Crippen LogP contribution is 2.37. The molecule has 0 radical (unpaired) electrons. The lowest BCUT2D eigenvalue weighted by atomic mass is 9.93. The molecule has 0 saturated carbocycles. The first kappa shape index (κ1) is 27.9. The van der Waals surface area contributed by atoms with Crippen molar-refractivity contribution in [1.82, 2.24) is 14.8 Å². The first-order chi connectivity index (χ1) is 19.7. The lowest BCUT2D eigenvalue weighted by Crippen LogP contribution is -2.47. The average Bonchev–Trinajstić information content (AvgIpc) is 3.26. The normalized spacial score (nSPS) is 13.7. The number of amides is 2. The predicted octanol–water partition coefficient (Wildman–Crippen LogP) is 4.45. The van der Waals surface area contributed by atoms with Crippen LogP contribution in [-0.4, -0.2) is 72.1 Å². The van der Waals surface area contributed by atoms with Crippen molar-refractivity contribution in [3.05, 3.63) is 88.7 Å². The lowest BCUT2D eigenvalue weighted by molar-refractivity contribution is -0.896. The summed E-state index contributed by atoms with van der Waals surface area (Å²) in [6.07, 6.45) is 0. The van der Waals surface area contributed by atoms with Gasteiger partial charge in [-0.3, -0.25) is 9.59 Å². The van der Waals surface area contributed by atoms with E-state index in [4.69, 9.17) is 4.74 Å². The number of benzene rings is 3. The van der Waals surface area contributed by atoms with Gasteiger partial charge < -0.3 is 25.1 Å². The number of imidazole rings is 1. The van der Waals surface area contributed by atoms with Gasteiger partial charge in [0.15, 0.2) is 5.69 Å². The molecular formula is C32H36N5O4+. The Morgan fingerprint density at radius 3 is 2.32 bits per heavy atom. The van der Waals surface area contributed by atoms with Crippen LogP contribution in [0.1, 0.15) is 37.7 Å². The zero-order valence-corrected chi connectivity index (χ0v) is 24.1. The third-order valence-corrected chi connectivity index (χ3v) is 7.68. The number of H-pyrrole nitrogens is 1. The first-order valence-corrected chi connectivity index (χ1v) is 13.7. The summed E-state index contributed by atoms with van der Waals surface area (Å²) >= 11 is 0. The summed E-state index contributed by atoms with van der Waals surface area (Å²) in [7, 11) is 3.67. The van der Waals surface area contributed by atoms with Crippen LogP contribution in [0.4, 0.5) is 5.69 Å². The molecule has 1 aliphatic heterocycles. The number of piperazine rings is 1. The molecule has 2 amide bonds.